The summed E-state index contributed by atoms with van der Waals surface area (Å²) < 4.78 is 12.5. The molecular formula is C22H23ClN4O4S2. The van der Waals surface area contributed by atoms with Gasteiger partial charge in [-0.25, -0.2) is 4.79 Å². The molecule has 1 atom stereocenters. The van der Waals surface area contributed by atoms with E-state index in [4.69, 9.17) is 33.0 Å². The number of nitrogens with zero attached hydrogens (tertiary/aromatic N) is 2. The van der Waals surface area contributed by atoms with Crippen LogP contribution in [0.3, 0.4) is 0 Å². The minimum Gasteiger partial charge on any atom is -0.462 e. The fourth-order valence-electron chi connectivity index (χ4n) is 3.73. The molecule has 1 aliphatic rings. The third-order valence-corrected chi connectivity index (χ3v) is 6.82. The van der Waals surface area contributed by atoms with Crippen LogP contribution in [0.1, 0.15) is 57.4 Å². The fourth-order valence-corrected chi connectivity index (χ4v) is 5.55. The predicted molar refractivity (Wildman–Crippen MR) is 130 cm³/mol. The number of esters is 1. The third kappa shape index (κ3) is 5.45. The Morgan fingerprint density at radius 2 is 2.24 bits per heavy atom. The first-order valence-electron chi connectivity index (χ1n) is 10.5. The van der Waals surface area contributed by atoms with Crippen LogP contribution in [0.4, 0.5) is 5.00 Å². The number of anilines is 1. The van der Waals surface area contributed by atoms with Crippen LogP contribution < -0.4 is 10.6 Å². The second-order valence-electron chi connectivity index (χ2n) is 7.81. The number of carbonyl (C=O) groups is 2. The molecule has 11 heteroatoms. The summed E-state index contributed by atoms with van der Waals surface area (Å²) in [6.07, 6.45) is 5.92. The third-order valence-electron chi connectivity index (χ3n) is 5.25. The van der Waals surface area contributed by atoms with Gasteiger partial charge >= 0.3 is 5.97 Å². The highest BCUT2D eigenvalue weighted by molar-refractivity contribution is 7.80. The largest absolute Gasteiger partial charge is 0.462 e. The summed E-state index contributed by atoms with van der Waals surface area (Å²) in [7, 11) is 0. The van der Waals surface area contributed by atoms with Crippen molar-refractivity contribution in [3.05, 3.63) is 57.1 Å². The molecule has 0 spiro atoms. The van der Waals surface area contributed by atoms with E-state index in [1.54, 1.807) is 29.9 Å². The predicted octanol–water partition coefficient (Wildman–Crippen LogP) is 4.67. The quantitative estimate of drug-likeness (QED) is 0.370. The van der Waals surface area contributed by atoms with E-state index in [0.29, 0.717) is 33.8 Å². The molecule has 3 heterocycles. The first kappa shape index (κ1) is 23.5. The lowest BCUT2D eigenvalue weighted by Gasteiger charge is -2.18. The molecule has 1 amide bonds. The Kier molecular flexibility index (Phi) is 7.16. The van der Waals surface area contributed by atoms with Crippen LogP contribution in [0, 0.1) is 5.92 Å². The van der Waals surface area contributed by atoms with Crippen molar-refractivity contribution in [3.63, 3.8) is 0 Å². The first-order valence-corrected chi connectivity index (χ1v) is 12.1. The van der Waals surface area contributed by atoms with Crippen LogP contribution in [0.25, 0.3) is 0 Å². The number of hydrogen-bond acceptors (Lipinski definition) is 7. The van der Waals surface area contributed by atoms with Crippen molar-refractivity contribution in [3.8, 4) is 0 Å². The van der Waals surface area contributed by atoms with Crippen molar-refractivity contribution in [1.82, 2.24) is 15.1 Å². The lowest BCUT2D eigenvalue weighted by molar-refractivity contribution is 0.0526. The molecule has 0 unspecified atom stereocenters. The highest BCUT2D eigenvalue weighted by atomic mass is 35.5. The van der Waals surface area contributed by atoms with E-state index in [1.807, 2.05) is 0 Å². The zero-order valence-corrected chi connectivity index (χ0v) is 20.5. The standard InChI is InChI=1S/C22H23ClN4O4S2/c1-3-30-21(29)18-15-6-4-12(2)8-17(15)33-20(18)26-22(32)25-19(28)16-7-5-14(31-16)11-27-10-13(23)9-24-27/h5,7,9-10,12H,3-4,6,8,11H2,1-2H3,(H2,25,26,28,32)/t12-/m0/s1. The summed E-state index contributed by atoms with van der Waals surface area (Å²) in [5, 5.41) is 10.9. The summed E-state index contributed by atoms with van der Waals surface area (Å²) >= 11 is 12.7. The van der Waals surface area contributed by atoms with E-state index in [2.05, 4.69) is 22.7 Å². The Bertz CT molecular complexity index is 1200. The van der Waals surface area contributed by atoms with Crippen molar-refractivity contribution in [1.29, 1.82) is 0 Å². The van der Waals surface area contributed by atoms with Gasteiger partial charge in [-0.2, -0.15) is 5.10 Å². The molecule has 0 aromatic carbocycles. The van der Waals surface area contributed by atoms with E-state index in [9.17, 15) is 9.59 Å². The highest BCUT2D eigenvalue weighted by Gasteiger charge is 2.29. The second kappa shape index (κ2) is 10.1. The fraction of sp³-hybridized carbons (Fsp3) is 0.364. The first-order chi connectivity index (χ1) is 15.8. The lowest BCUT2D eigenvalue weighted by Crippen LogP contribution is -2.34. The molecule has 0 radical (unpaired) electrons. The molecular weight excluding hydrogens is 484 g/mol. The van der Waals surface area contributed by atoms with Gasteiger partial charge in [-0.3, -0.25) is 14.8 Å². The molecule has 33 heavy (non-hydrogen) atoms. The van der Waals surface area contributed by atoms with Gasteiger partial charge in [0.1, 0.15) is 10.8 Å². The van der Waals surface area contributed by atoms with Crippen LogP contribution in [0.5, 0.6) is 0 Å². The maximum absolute atomic E-state index is 12.6. The van der Waals surface area contributed by atoms with Gasteiger partial charge < -0.3 is 14.5 Å². The molecule has 174 valence electrons. The number of thiophene rings is 1. The Labute approximate surface area is 205 Å². The summed E-state index contributed by atoms with van der Waals surface area (Å²) in [5.41, 5.74) is 1.53. The minimum absolute atomic E-state index is 0.0778. The van der Waals surface area contributed by atoms with Gasteiger partial charge in [0.15, 0.2) is 10.9 Å². The summed E-state index contributed by atoms with van der Waals surface area (Å²) in [5.74, 6) is 0.331. The SMILES string of the molecule is CCOC(=O)c1c(NC(=S)NC(=O)c2ccc(Cn3cc(Cl)cn3)o2)sc2c1CC[C@H](C)C2. The van der Waals surface area contributed by atoms with E-state index in [-0.39, 0.29) is 23.4 Å². The molecule has 4 rings (SSSR count). The molecule has 0 aliphatic heterocycles. The van der Waals surface area contributed by atoms with Crippen LogP contribution in [0.15, 0.2) is 28.9 Å². The van der Waals surface area contributed by atoms with Crippen molar-refractivity contribution < 1.29 is 18.7 Å². The number of hydrogen-bond donors (Lipinski definition) is 2. The number of thiocarbonyl (C=S) groups is 1. The number of ether oxygens (including phenoxy) is 1. The van der Waals surface area contributed by atoms with Gasteiger partial charge in [0.2, 0.25) is 0 Å². The van der Waals surface area contributed by atoms with Gasteiger partial charge in [0, 0.05) is 11.1 Å². The molecule has 0 fully saturated rings. The molecule has 0 bridgehead atoms. The number of furan rings is 1. The van der Waals surface area contributed by atoms with E-state index in [0.717, 1.165) is 29.7 Å². The van der Waals surface area contributed by atoms with Crippen LogP contribution in [-0.4, -0.2) is 33.4 Å². The van der Waals surface area contributed by atoms with Gasteiger partial charge in [0.25, 0.3) is 5.91 Å². The van der Waals surface area contributed by atoms with E-state index >= 15 is 0 Å². The van der Waals surface area contributed by atoms with Crippen molar-refractivity contribution in [2.75, 3.05) is 11.9 Å². The number of halogens is 1. The molecule has 3 aromatic rings. The lowest BCUT2D eigenvalue weighted by atomic mass is 9.88. The smallest absolute Gasteiger partial charge is 0.341 e. The van der Waals surface area contributed by atoms with Crippen molar-refractivity contribution >= 4 is 57.1 Å². The van der Waals surface area contributed by atoms with Gasteiger partial charge in [-0.05, 0) is 62.0 Å². The number of fused-ring (bicyclic) bond motifs is 1. The van der Waals surface area contributed by atoms with E-state index < -0.39 is 5.91 Å². The van der Waals surface area contributed by atoms with Crippen LogP contribution >= 0.6 is 35.2 Å². The zero-order valence-electron chi connectivity index (χ0n) is 18.1. The van der Waals surface area contributed by atoms with Gasteiger partial charge in [-0.15, -0.1) is 11.3 Å². The average molecular weight is 507 g/mol. The molecule has 0 saturated carbocycles. The molecule has 3 aromatic heterocycles. The number of carbonyl (C=O) groups excluding carboxylic acids is 2. The molecule has 2 N–H and O–H groups in total. The molecule has 8 nitrogen and oxygen atoms in total. The molecule has 0 saturated heterocycles. The summed E-state index contributed by atoms with van der Waals surface area (Å²) in [6, 6.07) is 3.25. The molecule has 1 aliphatic carbocycles. The summed E-state index contributed by atoms with van der Waals surface area (Å²) in [6.45, 7) is 4.59. The van der Waals surface area contributed by atoms with Crippen LogP contribution in [-0.2, 0) is 24.1 Å². The number of aromatic nitrogens is 2. The highest BCUT2D eigenvalue weighted by Crippen LogP contribution is 2.40. The Hall–Kier alpha value is -2.69. The summed E-state index contributed by atoms with van der Waals surface area (Å²) in [4.78, 5) is 26.4. The zero-order chi connectivity index (χ0) is 23.5. The maximum Gasteiger partial charge on any atom is 0.341 e. The van der Waals surface area contributed by atoms with Crippen molar-refractivity contribution in [2.24, 2.45) is 5.92 Å². The maximum atomic E-state index is 12.6. The van der Waals surface area contributed by atoms with Crippen molar-refractivity contribution in [2.45, 2.75) is 39.7 Å². The van der Waals surface area contributed by atoms with Gasteiger partial charge in [0.05, 0.1) is 29.9 Å². The van der Waals surface area contributed by atoms with E-state index in [1.165, 1.54) is 17.5 Å². The van der Waals surface area contributed by atoms with Crippen LogP contribution in [0.2, 0.25) is 5.02 Å². The minimum atomic E-state index is -0.495. The Morgan fingerprint density at radius 3 is 2.97 bits per heavy atom. The normalized spacial score (nSPS) is 15.1. The number of nitrogens with one attached hydrogen (secondary N) is 2. The topological polar surface area (TPSA) is 98.4 Å². The second-order valence-corrected chi connectivity index (χ2v) is 9.76. The average Bonchev–Trinajstić information content (AvgIpc) is 3.46. The number of rotatable bonds is 6. The number of amides is 1. The Morgan fingerprint density at radius 1 is 1.42 bits per heavy atom. The Balaban J connectivity index is 1.44. The van der Waals surface area contributed by atoms with Gasteiger partial charge in [-0.1, -0.05) is 18.5 Å². The monoisotopic (exact) mass is 506 g/mol.